The van der Waals surface area contributed by atoms with Crippen molar-refractivity contribution in [1.29, 1.82) is 0 Å². The van der Waals surface area contributed by atoms with Crippen molar-refractivity contribution in [3.8, 4) is 0 Å². The number of aliphatic imine (C=N–C) groups is 1. The molecule has 1 fully saturated rings. The summed E-state index contributed by atoms with van der Waals surface area (Å²) in [6, 6.07) is 3.09. The number of amidine groups is 1. The number of aromatic nitrogens is 2. The fraction of sp³-hybridized carbons (Fsp3) is 0.368. The summed E-state index contributed by atoms with van der Waals surface area (Å²) < 4.78 is 18.0. The molecule has 2 aliphatic rings. The molecule has 0 bridgehead atoms. The largest absolute Gasteiger partial charge is 0.402 e. The topological polar surface area (TPSA) is 61.8 Å². The van der Waals surface area contributed by atoms with Gasteiger partial charge in [0.1, 0.15) is 17.7 Å². The number of urea groups is 1. The Morgan fingerprint density at radius 3 is 2.68 bits per heavy atom. The summed E-state index contributed by atoms with van der Waals surface area (Å²) in [6.07, 6.45) is 1.85. The smallest absolute Gasteiger partial charge is 0.270 e. The average Bonchev–Trinajstić information content (AvgIpc) is 3.13. The van der Waals surface area contributed by atoms with Crippen LogP contribution in [0.2, 0.25) is 5.02 Å². The SMILES string of the molecule is Cc1c[n+]2c(n1C(C)C)N=C1C2C(=O)N(Cc2c(F)cccc2Cl)C(=O)N1C. The van der Waals surface area contributed by atoms with E-state index < -0.39 is 23.8 Å². The van der Waals surface area contributed by atoms with Crippen LogP contribution in [-0.4, -0.2) is 39.2 Å². The van der Waals surface area contributed by atoms with Gasteiger partial charge in [0.25, 0.3) is 5.91 Å². The molecule has 0 saturated carbocycles. The first-order valence-electron chi connectivity index (χ1n) is 8.96. The molecule has 4 rings (SSSR count). The first-order chi connectivity index (χ1) is 13.2. The molecule has 0 N–H and O–H groups in total. The van der Waals surface area contributed by atoms with Crippen LogP contribution in [0.3, 0.4) is 0 Å². The lowest BCUT2D eigenvalue weighted by molar-refractivity contribution is -0.677. The predicted octanol–water partition coefficient (Wildman–Crippen LogP) is 3.14. The summed E-state index contributed by atoms with van der Waals surface area (Å²) in [4.78, 5) is 33.0. The number of aryl methyl sites for hydroxylation is 1. The molecule has 0 aliphatic carbocycles. The molecule has 1 aromatic heterocycles. The summed E-state index contributed by atoms with van der Waals surface area (Å²) in [7, 11) is 1.57. The maximum Gasteiger partial charge on any atom is 0.402 e. The Kier molecular flexibility index (Phi) is 4.26. The maximum absolute atomic E-state index is 14.2. The van der Waals surface area contributed by atoms with Crippen molar-refractivity contribution in [2.45, 2.75) is 39.4 Å². The van der Waals surface area contributed by atoms with Crippen molar-refractivity contribution < 1.29 is 18.5 Å². The van der Waals surface area contributed by atoms with Crippen molar-refractivity contribution >= 4 is 35.3 Å². The summed E-state index contributed by atoms with van der Waals surface area (Å²) in [5.41, 5.74) is 1.07. The highest BCUT2D eigenvalue weighted by Gasteiger charge is 2.53. The third-order valence-electron chi connectivity index (χ3n) is 5.15. The second kappa shape index (κ2) is 6.41. The number of rotatable bonds is 3. The minimum Gasteiger partial charge on any atom is -0.270 e. The van der Waals surface area contributed by atoms with Gasteiger partial charge in [-0.15, -0.1) is 0 Å². The van der Waals surface area contributed by atoms with Crippen LogP contribution < -0.4 is 4.57 Å². The number of carbonyl (C=O) groups is 2. The third-order valence-corrected chi connectivity index (χ3v) is 5.50. The van der Waals surface area contributed by atoms with Gasteiger partial charge in [-0.2, -0.15) is 0 Å². The Balaban J connectivity index is 1.77. The zero-order valence-electron chi connectivity index (χ0n) is 16.0. The van der Waals surface area contributed by atoms with E-state index >= 15 is 0 Å². The van der Waals surface area contributed by atoms with Crippen molar-refractivity contribution in [3.05, 3.63) is 46.5 Å². The normalized spacial score (nSPS) is 18.7. The molecule has 9 heteroatoms. The Bertz CT molecular complexity index is 1020. The monoisotopic (exact) mass is 404 g/mol. The molecular weight excluding hydrogens is 385 g/mol. The lowest BCUT2D eigenvalue weighted by Gasteiger charge is -2.33. The average molecular weight is 405 g/mol. The van der Waals surface area contributed by atoms with Crippen LogP contribution in [0.4, 0.5) is 15.1 Å². The number of amides is 3. The molecule has 146 valence electrons. The number of likely N-dealkylation sites (N-methyl/N-ethyl adjacent to an activating group) is 1. The molecule has 0 radical (unpaired) electrons. The highest BCUT2D eigenvalue weighted by molar-refractivity contribution is 6.31. The molecule has 0 spiro atoms. The number of nitrogens with zero attached hydrogens (tertiary/aromatic N) is 5. The van der Waals surface area contributed by atoms with Gasteiger partial charge in [0.2, 0.25) is 11.9 Å². The maximum atomic E-state index is 14.2. The number of imidazole rings is 1. The molecule has 3 heterocycles. The van der Waals surface area contributed by atoms with Crippen molar-refractivity contribution in [2.24, 2.45) is 4.99 Å². The Hall–Kier alpha value is -2.74. The van der Waals surface area contributed by atoms with Crippen LogP contribution in [-0.2, 0) is 11.3 Å². The predicted molar refractivity (Wildman–Crippen MR) is 101 cm³/mol. The van der Waals surface area contributed by atoms with Gasteiger partial charge in [-0.1, -0.05) is 22.7 Å². The lowest BCUT2D eigenvalue weighted by atomic mass is 10.1. The number of imide groups is 1. The van der Waals surface area contributed by atoms with Crippen LogP contribution in [0.1, 0.15) is 37.2 Å². The van der Waals surface area contributed by atoms with Gasteiger partial charge in [0.15, 0.2) is 0 Å². The molecule has 1 atom stereocenters. The van der Waals surface area contributed by atoms with E-state index in [0.29, 0.717) is 11.8 Å². The van der Waals surface area contributed by atoms with E-state index in [0.717, 1.165) is 10.6 Å². The zero-order valence-corrected chi connectivity index (χ0v) is 16.7. The van der Waals surface area contributed by atoms with Gasteiger partial charge in [0.05, 0.1) is 12.6 Å². The van der Waals surface area contributed by atoms with Crippen LogP contribution in [0.25, 0.3) is 0 Å². The van der Waals surface area contributed by atoms with Crippen molar-refractivity contribution in [2.75, 3.05) is 7.05 Å². The summed E-state index contributed by atoms with van der Waals surface area (Å²) in [5, 5.41) is 0.171. The number of hydrogen-bond donors (Lipinski definition) is 0. The molecule has 1 aromatic carbocycles. The standard InChI is InChI=1S/C19H20ClFN5O2/c1-10(2)26-11(3)8-24-15-16(22-18(24)26)23(4)19(28)25(17(15)27)9-12-13(20)6-5-7-14(12)21/h5-8,10,15H,9H2,1-4H3/q+1. The van der Waals surface area contributed by atoms with E-state index in [2.05, 4.69) is 4.99 Å². The minimum absolute atomic E-state index is 0.110. The zero-order chi connectivity index (χ0) is 20.3. The van der Waals surface area contributed by atoms with E-state index in [-0.39, 0.29) is 23.2 Å². The van der Waals surface area contributed by atoms with Crippen LogP contribution in [0.5, 0.6) is 0 Å². The van der Waals surface area contributed by atoms with Crippen molar-refractivity contribution in [3.63, 3.8) is 0 Å². The first kappa shape index (κ1) is 18.6. The van der Waals surface area contributed by atoms with Crippen LogP contribution >= 0.6 is 11.6 Å². The van der Waals surface area contributed by atoms with Gasteiger partial charge in [-0.25, -0.2) is 18.3 Å². The number of hydrogen-bond acceptors (Lipinski definition) is 3. The number of fused-ring (bicyclic) bond motifs is 3. The number of carbonyl (C=O) groups excluding carboxylic acids is 2. The molecule has 2 aromatic rings. The fourth-order valence-electron chi connectivity index (χ4n) is 3.83. The number of benzene rings is 1. The Morgan fingerprint density at radius 2 is 2.04 bits per heavy atom. The molecule has 28 heavy (non-hydrogen) atoms. The molecule has 1 saturated heterocycles. The second-order valence-corrected chi connectivity index (χ2v) is 7.69. The van der Waals surface area contributed by atoms with Gasteiger partial charge in [0, 0.05) is 17.6 Å². The third kappa shape index (κ3) is 2.55. The van der Waals surface area contributed by atoms with Gasteiger partial charge in [-0.05, 0) is 32.9 Å². The summed E-state index contributed by atoms with van der Waals surface area (Å²) >= 11 is 6.10. The van der Waals surface area contributed by atoms with Crippen LogP contribution in [0, 0.1) is 12.7 Å². The highest BCUT2D eigenvalue weighted by atomic mass is 35.5. The molecule has 1 unspecified atom stereocenters. The second-order valence-electron chi connectivity index (χ2n) is 7.28. The van der Waals surface area contributed by atoms with Gasteiger partial charge >= 0.3 is 12.0 Å². The molecule has 3 amide bonds. The quantitative estimate of drug-likeness (QED) is 0.738. The summed E-state index contributed by atoms with van der Waals surface area (Å²) in [5.74, 6) is -0.0239. The first-order valence-corrected chi connectivity index (χ1v) is 9.33. The number of halogens is 2. The Morgan fingerprint density at radius 1 is 1.32 bits per heavy atom. The molecule has 7 nitrogen and oxygen atoms in total. The Labute approximate surface area is 166 Å². The molecular formula is C19H20ClFN5O2+. The van der Waals surface area contributed by atoms with E-state index in [1.807, 2.05) is 31.5 Å². The van der Waals surface area contributed by atoms with Crippen molar-refractivity contribution in [1.82, 2.24) is 14.4 Å². The van der Waals surface area contributed by atoms with E-state index in [1.54, 1.807) is 11.6 Å². The van der Waals surface area contributed by atoms with Crippen LogP contribution in [0.15, 0.2) is 29.4 Å². The molecule has 2 aliphatic heterocycles. The van der Waals surface area contributed by atoms with E-state index in [1.165, 1.54) is 23.1 Å². The fourth-order valence-corrected chi connectivity index (χ4v) is 4.05. The van der Waals surface area contributed by atoms with E-state index in [4.69, 9.17) is 11.6 Å². The van der Waals surface area contributed by atoms with Gasteiger partial charge < -0.3 is 0 Å². The minimum atomic E-state index is -0.762. The van der Waals surface area contributed by atoms with E-state index in [9.17, 15) is 14.0 Å². The lowest BCUT2D eigenvalue weighted by Crippen LogP contribution is -2.62. The summed E-state index contributed by atoms with van der Waals surface area (Å²) in [6.45, 7) is 5.76. The van der Waals surface area contributed by atoms with Gasteiger partial charge in [-0.3, -0.25) is 14.6 Å². The highest BCUT2D eigenvalue weighted by Crippen LogP contribution is 2.32.